The van der Waals surface area contributed by atoms with Crippen LogP contribution in [0.2, 0.25) is 0 Å². The lowest BCUT2D eigenvalue weighted by Gasteiger charge is -2.11. The van der Waals surface area contributed by atoms with Gasteiger partial charge >= 0.3 is 0 Å². The lowest BCUT2D eigenvalue weighted by atomic mass is 10.2. The number of benzene rings is 2. The van der Waals surface area contributed by atoms with E-state index in [1.54, 1.807) is 18.2 Å². The Bertz CT molecular complexity index is 826. The normalized spacial score (nSPS) is 10.6. The number of methoxy groups -OCH3 is 2. The Balaban J connectivity index is 2.16. The summed E-state index contributed by atoms with van der Waals surface area (Å²) in [6.45, 7) is 0. The lowest BCUT2D eigenvalue weighted by molar-refractivity contribution is -0.112. The first kappa shape index (κ1) is 18.4. The predicted octanol–water partition coefficient (Wildman–Crippen LogP) is 3.92. The quantitative estimate of drug-likeness (QED) is 0.565. The van der Waals surface area contributed by atoms with E-state index in [2.05, 4.69) is 26.6 Å². The van der Waals surface area contributed by atoms with Gasteiger partial charge in [0.05, 0.1) is 19.9 Å². The number of nitriles is 1. The van der Waals surface area contributed by atoms with Crippen LogP contribution in [0.15, 0.2) is 58.7 Å². The predicted molar refractivity (Wildman–Crippen MR) is 99.6 cm³/mol. The zero-order valence-electron chi connectivity index (χ0n) is 13.7. The molecule has 0 spiro atoms. The van der Waals surface area contributed by atoms with Crippen LogP contribution in [-0.4, -0.2) is 20.1 Å². The summed E-state index contributed by atoms with van der Waals surface area (Å²) in [6, 6.07) is 14.2. The van der Waals surface area contributed by atoms with E-state index in [1.807, 2.05) is 30.3 Å². The van der Waals surface area contributed by atoms with Crippen LogP contribution in [0.3, 0.4) is 0 Å². The van der Waals surface area contributed by atoms with Gasteiger partial charge in [-0.15, -0.1) is 0 Å². The van der Waals surface area contributed by atoms with Crippen molar-refractivity contribution in [1.82, 2.24) is 0 Å². The summed E-state index contributed by atoms with van der Waals surface area (Å²) in [4.78, 5) is 12.3. The second-order valence-electron chi connectivity index (χ2n) is 4.84. The molecule has 2 aromatic rings. The fourth-order valence-electron chi connectivity index (χ4n) is 1.95. The number of hydrogen-bond acceptors (Lipinski definition) is 5. The van der Waals surface area contributed by atoms with Crippen LogP contribution in [0, 0.1) is 11.3 Å². The molecule has 2 aromatic carbocycles. The largest absolute Gasteiger partial charge is 0.497 e. The molecule has 0 aromatic heterocycles. The Kier molecular flexibility index (Phi) is 6.43. The monoisotopic (exact) mass is 401 g/mol. The average Bonchev–Trinajstić information content (AvgIpc) is 2.63. The van der Waals surface area contributed by atoms with Crippen LogP contribution in [0.1, 0.15) is 0 Å². The molecule has 2 rings (SSSR count). The van der Waals surface area contributed by atoms with Crippen molar-refractivity contribution in [2.45, 2.75) is 0 Å². The van der Waals surface area contributed by atoms with Crippen molar-refractivity contribution < 1.29 is 14.3 Å². The van der Waals surface area contributed by atoms with E-state index in [-0.39, 0.29) is 5.57 Å². The number of nitrogens with zero attached hydrogens (tertiary/aromatic N) is 1. The number of nitrogens with one attached hydrogen (secondary N) is 2. The molecular weight excluding hydrogens is 386 g/mol. The Labute approximate surface area is 154 Å². The van der Waals surface area contributed by atoms with E-state index in [4.69, 9.17) is 9.47 Å². The maximum Gasteiger partial charge on any atom is 0.267 e. The smallest absolute Gasteiger partial charge is 0.267 e. The minimum Gasteiger partial charge on any atom is -0.497 e. The van der Waals surface area contributed by atoms with Gasteiger partial charge in [0.2, 0.25) is 0 Å². The van der Waals surface area contributed by atoms with E-state index < -0.39 is 5.91 Å². The highest BCUT2D eigenvalue weighted by Crippen LogP contribution is 2.29. The van der Waals surface area contributed by atoms with E-state index in [0.29, 0.717) is 17.2 Å². The van der Waals surface area contributed by atoms with Crippen molar-refractivity contribution in [3.8, 4) is 17.6 Å². The highest BCUT2D eigenvalue weighted by Gasteiger charge is 2.13. The Morgan fingerprint density at radius 1 is 1.16 bits per heavy atom. The second-order valence-corrected chi connectivity index (χ2v) is 5.76. The maximum atomic E-state index is 12.3. The molecule has 0 aliphatic heterocycles. The van der Waals surface area contributed by atoms with Gasteiger partial charge in [0.25, 0.3) is 5.91 Å². The number of rotatable bonds is 6. The number of amides is 1. The Hall–Kier alpha value is -2.98. The molecule has 0 aliphatic carbocycles. The second kappa shape index (κ2) is 8.76. The van der Waals surface area contributed by atoms with Crippen LogP contribution in [-0.2, 0) is 4.79 Å². The number of anilines is 2. The van der Waals surface area contributed by atoms with Crippen LogP contribution in [0.25, 0.3) is 0 Å². The molecule has 0 atom stereocenters. The number of ether oxygens (including phenoxy) is 2. The van der Waals surface area contributed by atoms with Gasteiger partial charge in [0, 0.05) is 22.4 Å². The third kappa shape index (κ3) is 4.99. The first-order valence-corrected chi connectivity index (χ1v) is 8.02. The van der Waals surface area contributed by atoms with Crippen molar-refractivity contribution in [3.05, 3.63) is 58.7 Å². The van der Waals surface area contributed by atoms with E-state index >= 15 is 0 Å². The highest BCUT2D eigenvalue weighted by atomic mass is 79.9. The van der Waals surface area contributed by atoms with E-state index in [0.717, 1.165) is 10.2 Å². The summed E-state index contributed by atoms with van der Waals surface area (Å²) in [5, 5.41) is 14.8. The molecule has 7 heteroatoms. The SMILES string of the molecule is COc1ccc(OC)c(NC(=O)/C(C#N)=C\Nc2ccc(Br)cc2)c1. The molecule has 2 N–H and O–H groups in total. The summed E-state index contributed by atoms with van der Waals surface area (Å²) in [5.41, 5.74) is 1.09. The van der Waals surface area contributed by atoms with Gasteiger partial charge < -0.3 is 20.1 Å². The van der Waals surface area contributed by atoms with Gasteiger partial charge in [0.15, 0.2) is 0 Å². The van der Waals surface area contributed by atoms with Crippen molar-refractivity contribution in [1.29, 1.82) is 5.26 Å². The maximum absolute atomic E-state index is 12.3. The molecule has 0 unspecified atom stereocenters. The van der Waals surface area contributed by atoms with Crippen LogP contribution in [0.5, 0.6) is 11.5 Å². The molecular formula is C18H16BrN3O3. The molecule has 0 saturated heterocycles. The molecule has 0 heterocycles. The number of carbonyl (C=O) groups is 1. The lowest BCUT2D eigenvalue weighted by Crippen LogP contribution is -2.15. The minimum atomic E-state index is -0.557. The van der Waals surface area contributed by atoms with Gasteiger partial charge in [-0.05, 0) is 36.4 Å². The van der Waals surface area contributed by atoms with Gasteiger partial charge in [0.1, 0.15) is 23.1 Å². The van der Waals surface area contributed by atoms with Gasteiger partial charge in [-0.3, -0.25) is 4.79 Å². The molecule has 0 aliphatic rings. The zero-order chi connectivity index (χ0) is 18.2. The van der Waals surface area contributed by atoms with Crippen molar-refractivity contribution in [2.24, 2.45) is 0 Å². The summed E-state index contributed by atoms with van der Waals surface area (Å²) in [5.74, 6) is 0.470. The Morgan fingerprint density at radius 2 is 1.88 bits per heavy atom. The summed E-state index contributed by atoms with van der Waals surface area (Å²) < 4.78 is 11.3. The van der Waals surface area contributed by atoms with Crippen molar-refractivity contribution in [3.63, 3.8) is 0 Å². The third-order valence-corrected chi connectivity index (χ3v) is 3.78. The molecule has 0 fully saturated rings. The first-order valence-electron chi connectivity index (χ1n) is 7.23. The van der Waals surface area contributed by atoms with E-state index in [9.17, 15) is 10.1 Å². The standard InChI is InChI=1S/C18H16BrN3O3/c1-24-15-7-8-17(25-2)16(9-15)22-18(23)12(10-20)11-21-14-5-3-13(19)4-6-14/h3-9,11,21H,1-2H3,(H,22,23)/b12-11-. The average molecular weight is 402 g/mol. The molecule has 0 saturated carbocycles. The summed E-state index contributed by atoms with van der Waals surface area (Å²) >= 11 is 3.34. The number of carbonyl (C=O) groups excluding carboxylic acids is 1. The summed E-state index contributed by atoms with van der Waals surface area (Å²) in [6.07, 6.45) is 1.35. The zero-order valence-corrected chi connectivity index (χ0v) is 15.3. The van der Waals surface area contributed by atoms with Crippen LogP contribution >= 0.6 is 15.9 Å². The fraction of sp³-hybridized carbons (Fsp3) is 0.111. The molecule has 0 radical (unpaired) electrons. The van der Waals surface area contributed by atoms with Crippen LogP contribution in [0.4, 0.5) is 11.4 Å². The summed E-state index contributed by atoms with van der Waals surface area (Å²) in [7, 11) is 3.02. The van der Waals surface area contributed by atoms with Crippen molar-refractivity contribution in [2.75, 3.05) is 24.9 Å². The van der Waals surface area contributed by atoms with E-state index in [1.165, 1.54) is 20.4 Å². The minimum absolute atomic E-state index is 0.0761. The molecule has 128 valence electrons. The molecule has 1 amide bonds. The Morgan fingerprint density at radius 3 is 2.48 bits per heavy atom. The molecule has 25 heavy (non-hydrogen) atoms. The van der Waals surface area contributed by atoms with Crippen molar-refractivity contribution >= 4 is 33.2 Å². The third-order valence-electron chi connectivity index (χ3n) is 3.25. The first-order chi connectivity index (χ1) is 12.1. The van der Waals surface area contributed by atoms with Gasteiger partial charge in [-0.2, -0.15) is 5.26 Å². The topological polar surface area (TPSA) is 83.4 Å². The van der Waals surface area contributed by atoms with Crippen LogP contribution < -0.4 is 20.1 Å². The fourth-order valence-corrected chi connectivity index (χ4v) is 2.22. The number of halogens is 1. The molecule has 0 bridgehead atoms. The van der Waals surface area contributed by atoms with Gasteiger partial charge in [-0.25, -0.2) is 0 Å². The highest BCUT2D eigenvalue weighted by molar-refractivity contribution is 9.10. The van der Waals surface area contributed by atoms with Gasteiger partial charge in [-0.1, -0.05) is 15.9 Å². The number of hydrogen-bond donors (Lipinski definition) is 2. The molecule has 6 nitrogen and oxygen atoms in total.